The molecule has 7 nitrogen and oxygen atoms in total. The van der Waals surface area contributed by atoms with E-state index in [0.717, 1.165) is 0 Å². The summed E-state index contributed by atoms with van der Waals surface area (Å²) in [5.41, 5.74) is 0.643. The zero-order valence-electron chi connectivity index (χ0n) is 14.0. The highest BCUT2D eigenvalue weighted by molar-refractivity contribution is 9.10. The third-order valence-electron chi connectivity index (χ3n) is 4.14. The molecule has 0 aliphatic carbocycles. The lowest BCUT2D eigenvalue weighted by Gasteiger charge is -2.34. The number of hydrogen-bond acceptors (Lipinski definition) is 4. The average Bonchev–Trinajstić information content (AvgIpc) is 3.12. The van der Waals surface area contributed by atoms with Gasteiger partial charge in [0, 0.05) is 31.7 Å². The van der Waals surface area contributed by atoms with E-state index < -0.39 is 5.91 Å². The van der Waals surface area contributed by atoms with Crippen LogP contribution in [0.5, 0.6) is 0 Å². The second kappa shape index (κ2) is 8.18. The van der Waals surface area contributed by atoms with Crippen molar-refractivity contribution < 1.29 is 18.8 Å². The molecule has 26 heavy (non-hydrogen) atoms. The smallest absolute Gasteiger partial charge is 0.287 e. The fraction of sp³-hybridized carbons (Fsp3) is 0.278. The molecule has 1 saturated heterocycles. The third-order valence-corrected chi connectivity index (χ3v) is 4.56. The van der Waals surface area contributed by atoms with Crippen molar-refractivity contribution in [2.75, 3.05) is 32.7 Å². The fourth-order valence-electron chi connectivity index (χ4n) is 2.71. The first kappa shape index (κ1) is 18.2. The Kier molecular flexibility index (Phi) is 5.72. The summed E-state index contributed by atoms with van der Waals surface area (Å²) >= 11 is 3.12. The first-order valence-electron chi connectivity index (χ1n) is 8.20. The van der Waals surface area contributed by atoms with Crippen LogP contribution in [0.25, 0.3) is 0 Å². The van der Waals surface area contributed by atoms with Crippen molar-refractivity contribution in [3.63, 3.8) is 0 Å². The van der Waals surface area contributed by atoms with Gasteiger partial charge in [-0.2, -0.15) is 0 Å². The first-order chi connectivity index (χ1) is 12.5. The highest BCUT2D eigenvalue weighted by Crippen LogP contribution is 2.13. The van der Waals surface area contributed by atoms with Crippen molar-refractivity contribution >= 4 is 33.7 Å². The number of piperazine rings is 1. The first-order valence-corrected chi connectivity index (χ1v) is 8.99. The average molecular weight is 420 g/mol. The minimum Gasteiger partial charge on any atom is -0.444 e. The van der Waals surface area contributed by atoms with Crippen molar-refractivity contribution in [1.82, 2.24) is 15.1 Å². The standard InChI is InChI=1S/C18H18BrN3O4/c19-15-7-6-14(26-15)17(24)20-12-16(23)21-8-10-22(11-9-21)18(25)13-4-2-1-3-5-13/h1-7H,8-12H2,(H,20,24). The zero-order valence-corrected chi connectivity index (χ0v) is 15.6. The topological polar surface area (TPSA) is 82.9 Å². The second-order valence-corrected chi connectivity index (χ2v) is 6.61. The van der Waals surface area contributed by atoms with Crippen LogP contribution in [-0.2, 0) is 4.79 Å². The predicted molar refractivity (Wildman–Crippen MR) is 97.7 cm³/mol. The Hall–Kier alpha value is -2.61. The van der Waals surface area contributed by atoms with Gasteiger partial charge in [-0.15, -0.1) is 0 Å². The lowest BCUT2D eigenvalue weighted by Crippen LogP contribution is -2.52. The highest BCUT2D eigenvalue weighted by atomic mass is 79.9. The lowest BCUT2D eigenvalue weighted by molar-refractivity contribution is -0.131. The molecule has 0 spiro atoms. The summed E-state index contributed by atoms with van der Waals surface area (Å²) in [6, 6.07) is 12.2. The van der Waals surface area contributed by atoms with Crippen molar-refractivity contribution in [2.45, 2.75) is 0 Å². The molecular formula is C18H18BrN3O4. The maximum atomic E-state index is 12.4. The van der Waals surface area contributed by atoms with Gasteiger partial charge in [-0.3, -0.25) is 14.4 Å². The van der Waals surface area contributed by atoms with Gasteiger partial charge in [0.05, 0.1) is 6.54 Å². The number of amides is 3. The Bertz CT molecular complexity index is 798. The molecule has 1 aromatic carbocycles. The molecule has 2 heterocycles. The van der Waals surface area contributed by atoms with Crippen LogP contribution < -0.4 is 5.32 Å². The summed E-state index contributed by atoms with van der Waals surface area (Å²) in [5, 5.41) is 2.54. The molecule has 0 radical (unpaired) electrons. The summed E-state index contributed by atoms with van der Waals surface area (Å²) in [6.45, 7) is 1.72. The maximum absolute atomic E-state index is 12.4. The van der Waals surface area contributed by atoms with Crippen LogP contribution in [0.1, 0.15) is 20.9 Å². The van der Waals surface area contributed by atoms with E-state index in [0.29, 0.717) is 36.4 Å². The molecule has 1 N–H and O–H groups in total. The summed E-state index contributed by atoms with van der Waals surface area (Å²) in [5.74, 6) is -0.518. The molecule has 1 aromatic heterocycles. The van der Waals surface area contributed by atoms with Gasteiger partial charge in [0.25, 0.3) is 11.8 Å². The summed E-state index contributed by atoms with van der Waals surface area (Å²) in [7, 11) is 0. The van der Waals surface area contributed by atoms with Crippen LogP contribution in [0.15, 0.2) is 51.6 Å². The Morgan fingerprint density at radius 2 is 1.62 bits per heavy atom. The van der Waals surface area contributed by atoms with E-state index in [1.54, 1.807) is 28.0 Å². The summed E-state index contributed by atoms with van der Waals surface area (Å²) in [6.07, 6.45) is 0. The number of carbonyl (C=O) groups is 3. The SMILES string of the molecule is O=C(NCC(=O)N1CCN(C(=O)c2ccccc2)CC1)c1ccc(Br)o1. The minimum absolute atomic E-state index is 0.0330. The van der Waals surface area contributed by atoms with Gasteiger partial charge in [0.2, 0.25) is 5.91 Å². The fourth-order valence-corrected chi connectivity index (χ4v) is 3.02. The molecule has 0 bridgehead atoms. The van der Waals surface area contributed by atoms with Crippen molar-refractivity contribution in [3.05, 3.63) is 58.5 Å². The summed E-state index contributed by atoms with van der Waals surface area (Å²) < 4.78 is 5.59. The zero-order chi connectivity index (χ0) is 18.5. The Morgan fingerprint density at radius 3 is 2.23 bits per heavy atom. The molecular weight excluding hydrogens is 402 g/mol. The molecule has 0 atom stereocenters. The third kappa shape index (κ3) is 4.32. The lowest BCUT2D eigenvalue weighted by atomic mass is 10.2. The van der Waals surface area contributed by atoms with Crippen molar-refractivity contribution in [2.24, 2.45) is 0 Å². The maximum Gasteiger partial charge on any atom is 0.287 e. The molecule has 1 aliphatic heterocycles. The molecule has 3 amide bonds. The quantitative estimate of drug-likeness (QED) is 0.818. The predicted octanol–water partition coefficient (Wildman–Crippen LogP) is 1.76. The van der Waals surface area contributed by atoms with E-state index in [4.69, 9.17) is 4.42 Å². The van der Waals surface area contributed by atoms with Crippen LogP contribution in [0, 0.1) is 0 Å². The van der Waals surface area contributed by atoms with E-state index in [-0.39, 0.29) is 24.1 Å². The molecule has 1 fully saturated rings. The van der Waals surface area contributed by atoms with Gasteiger partial charge < -0.3 is 19.5 Å². The van der Waals surface area contributed by atoms with Crippen LogP contribution in [0.4, 0.5) is 0 Å². The van der Waals surface area contributed by atoms with Gasteiger partial charge >= 0.3 is 0 Å². The molecule has 0 saturated carbocycles. The highest BCUT2D eigenvalue weighted by Gasteiger charge is 2.25. The number of nitrogens with one attached hydrogen (secondary N) is 1. The molecule has 8 heteroatoms. The normalized spacial score (nSPS) is 14.2. The largest absolute Gasteiger partial charge is 0.444 e. The molecule has 3 rings (SSSR count). The Morgan fingerprint density at radius 1 is 0.962 bits per heavy atom. The van der Waals surface area contributed by atoms with Crippen LogP contribution in [0.2, 0.25) is 0 Å². The van der Waals surface area contributed by atoms with Crippen LogP contribution in [0.3, 0.4) is 0 Å². The van der Waals surface area contributed by atoms with Crippen molar-refractivity contribution in [1.29, 1.82) is 0 Å². The molecule has 1 aliphatic rings. The number of furan rings is 1. The van der Waals surface area contributed by atoms with E-state index in [9.17, 15) is 14.4 Å². The van der Waals surface area contributed by atoms with Gasteiger partial charge in [0.15, 0.2) is 10.4 Å². The minimum atomic E-state index is -0.443. The van der Waals surface area contributed by atoms with E-state index >= 15 is 0 Å². The number of benzene rings is 1. The molecule has 0 unspecified atom stereocenters. The Labute approximate surface area is 159 Å². The number of rotatable bonds is 4. The number of nitrogens with zero attached hydrogens (tertiary/aromatic N) is 2. The molecule has 2 aromatic rings. The Balaban J connectivity index is 1.46. The second-order valence-electron chi connectivity index (χ2n) is 5.83. The van der Waals surface area contributed by atoms with E-state index in [2.05, 4.69) is 21.2 Å². The van der Waals surface area contributed by atoms with Gasteiger partial charge in [-0.1, -0.05) is 18.2 Å². The van der Waals surface area contributed by atoms with Gasteiger partial charge in [0.1, 0.15) is 0 Å². The van der Waals surface area contributed by atoms with Gasteiger partial charge in [-0.25, -0.2) is 0 Å². The van der Waals surface area contributed by atoms with E-state index in [1.807, 2.05) is 18.2 Å². The summed E-state index contributed by atoms with van der Waals surface area (Å²) in [4.78, 5) is 39.9. The van der Waals surface area contributed by atoms with Crippen LogP contribution >= 0.6 is 15.9 Å². The van der Waals surface area contributed by atoms with Crippen molar-refractivity contribution in [3.8, 4) is 0 Å². The van der Waals surface area contributed by atoms with Gasteiger partial charge in [-0.05, 0) is 40.2 Å². The number of carbonyl (C=O) groups excluding carboxylic acids is 3. The van der Waals surface area contributed by atoms with Crippen LogP contribution in [-0.4, -0.2) is 60.2 Å². The number of hydrogen-bond donors (Lipinski definition) is 1. The van der Waals surface area contributed by atoms with E-state index in [1.165, 1.54) is 6.07 Å². The monoisotopic (exact) mass is 419 g/mol. The molecule has 136 valence electrons. The number of halogens is 1.